The van der Waals surface area contributed by atoms with E-state index >= 15 is 0 Å². The van der Waals surface area contributed by atoms with Crippen LogP contribution in [0.2, 0.25) is 0 Å². The third-order valence-corrected chi connectivity index (χ3v) is 4.13. The summed E-state index contributed by atoms with van der Waals surface area (Å²) < 4.78 is 5.25. The topological polar surface area (TPSA) is 53.6 Å². The highest BCUT2D eigenvalue weighted by Crippen LogP contribution is 2.23. The van der Waals surface area contributed by atoms with Crippen molar-refractivity contribution in [2.75, 3.05) is 30.8 Å². The molecule has 0 aliphatic rings. The summed E-state index contributed by atoms with van der Waals surface area (Å²) in [5.41, 5.74) is 2.68. The second-order valence-corrected chi connectivity index (χ2v) is 5.89. The van der Waals surface area contributed by atoms with Crippen molar-refractivity contribution in [1.29, 1.82) is 0 Å². The molecule has 6 heteroatoms. The molecule has 132 valence electrons. The first kappa shape index (κ1) is 18.7. The Kier molecular flexibility index (Phi) is 6.77. The highest BCUT2D eigenvalue weighted by atomic mass is 32.1. The monoisotopic (exact) mass is 357 g/mol. The minimum atomic E-state index is -0.153. The van der Waals surface area contributed by atoms with E-state index < -0.39 is 0 Å². The molecule has 0 fully saturated rings. The van der Waals surface area contributed by atoms with Crippen LogP contribution in [-0.2, 0) is 4.79 Å². The summed E-state index contributed by atoms with van der Waals surface area (Å²) in [6.45, 7) is 4.75. The molecule has 5 nitrogen and oxygen atoms in total. The molecule has 1 amide bonds. The lowest BCUT2D eigenvalue weighted by Gasteiger charge is -2.24. The minimum Gasteiger partial charge on any atom is -0.495 e. The zero-order valence-electron chi connectivity index (χ0n) is 14.7. The van der Waals surface area contributed by atoms with E-state index in [0.717, 1.165) is 11.3 Å². The molecule has 0 spiro atoms. The number of methoxy groups -OCH3 is 1. The number of carbonyl (C=O) groups is 1. The summed E-state index contributed by atoms with van der Waals surface area (Å²) in [6, 6.07) is 15.2. The number of thiocarbonyl (C=S) groups is 1. The first-order valence-electron chi connectivity index (χ1n) is 8.09. The Morgan fingerprint density at radius 1 is 1.08 bits per heavy atom. The summed E-state index contributed by atoms with van der Waals surface area (Å²) in [5.74, 6) is 0.472. The number of anilines is 2. The zero-order chi connectivity index (χ0) is 18.2. The number of carbonyl (C=O) groups excluding carboxylic acids is 1. The molecule has 0 bridgehead atoms. The van der Waals surface area contributed by atoms with Gasteiger partial charge in [0.25, 0.3) is 0 Å². The number of nitrogens with zero attached hydrogens (tertiary/aromatic N) is 1. The molecule has 0 heterocycles. The summed E-state index contributed by atoms with van der Waals surface area (Å²) in [6.07, 6.45) is 0. The molecule has 0 saturated heterocycles. The van der Waals surface area contributed by atoms with Gasteiger partial charge in [0.2, 0.25) is 5.91 Å². The van der Waals surface area contributed by atoms with Gasteiger partial charge in [-0.2, -0.15) is 0 Å². The molecule has 2 aromatic carbocycles. The fourth-order valence-electron chi connectivity index (χ4n) is 2.35. The maximum Gasteiger partial charge on any atom is 0.244 e. The van der Waals surface area contributed by atoms with Crippen LogP contribution in [0, 0.1) is 6.92 Å². The van der Waals surface area contributed by atoms with Crippen molar-refractivity contribution in [2.45, 2.75) is 13.8 Å². The molecule has 0 aliphatic heterocycles. The Bertz CT molecular complexity index is 749. The molecule has 0 radical (unpaired) electrons. The van der Waals surface area contributed by atoms with Crippen LogP contribution in [0.5, 0.6) is 5.75 Å². The number of amides is 1. The van der Waals surface area contributed by atoms with Crippen LogP contribution in [0.25, 0.3) is 0 Å². The minimum absolute atomic E-state index is 0.153. The molecule has 25 heavy (non-hydrogen) atoms. The van der Waals surface area contributed by atoms with E-state index in [2.05, 4.69) is 10.6 Å². The number of likely N-dealkylation sites (N-methyl/N-ethyl adjacent to an activating group) is 1. The first-order chi connectivity index (χ1) is 12.0. The van der Waals surface area contributed by atoms with Crippen molar-refractivity contribution in [1.82, 2.24) is 4.90 Å². The molecule has 0 aliphatic carbocycles. The van der Waals surface area contributed by atoms with E-state index in [4.69, 9.17) is 17.0 Å². The maximum atomic E-state index is 12.4. The van der Waals surface area contributed by atoms with Crippen LogP contribution in [0.3, 0.4) is 0 Å². The van der Waals surface area contributed by atoms with Crippen LogP contribution in [0.1, 0.15) is 12.5 Å². The van der Waals surface area contributed by atoms with E-state index in [1.54, 1.807) is 19.2 Å². The van der Waals surface area contributed by atoms with Crippen molar-refractivity contribution < 1.29 is 9.53 Å². The lowest BCUT2D eigenvalue weighted by atomic mass is 10.2. The van der Waals surface area contributed by atoms with Gasteiger partial charge in [0.1, 0.15) is 5.75 Å². The second kappa shape index (κ2) is 9.03. The Balaban J connectivity index is 1.99. The van der Waals surface area contributed by atoms with Crippen LogP contribution in [-0.4, -0.2) is 36.1 Å². The van der Waals surface area contributed by atoms with E-state index in [9.17, 15) is 4.79 Å². The van der Waals surface area contributed by atoms with Gasteiger partial charge < -0.3 is 20.3 Å². The molecule has 2 rings (SSSR count). The lowest BCUT2D eigenvalue weighted by molar-refractivity contribution is -0.116. The SMILES string of the molecule is CCN(CC(=O)Nc1ccccc1OC)C(=S)Nc1ccccc1C. The largest absolute Gasteiger partial charge is 0.495 e. The molecular formula is C19H23N3O2S. The first-order valence-corrected chi connectivity index (χ1v) is 8.50. The molecular weight excluding hydrogens is 334 g/mol. The highest BCUT2D eigenvalue weighted by Gasteiger charge is 2.14. The predicted octanol–water partition coefficient (Wildman–Crippen LogP) is 3.66. The van der Waals surface area contributed by atoms with Gasteiger partial charge in [-0.1, -0.05) is 30.3 Å². The normalized spacial score (nSPS) is 10.0. The van der Waals surface area contributed by atoms with Crippen LogP contribution >= 0.6 is 12.2 Å². The molecule has 2 N–H and O–H groups in total. The second-order valence-electron chi connectivity index (χ2n) is 5.51. The number of aryl methyl sites for hydroxylation is 1. The van der Waals surface area contributed by atoms with E-state index in [1.165, 1.54) is 0 Å². The Morgan fingerprint density at radius 2 is 1.72 bits per heavy atom. The summed E-state index contributed by atoms with van der Waals surface area (Å²) in [5, 5.41) is 6.59. The number of hydrogen-bond donors (Lipinski definition) is 2. The van der Waals surface area contributed by atoms with Crippen LogP contribution in [0.15, 0.2) is 48.5 Å². The molecule has 0 unspecified atom stereocenters. The predicted molar refractivity (Wildman–Crippen MR) is 106 cm³/mol. The highest BCUT2D eigenvalue weighted by molar-refractivity contribution is 7.80. The van der Waals surface area contributed by atoms with E-state index in [-0.39, 0.29) is 12.5 Å². The van der Waals surface area contributed by atoms with Gasteiger partial charge in [-0.3, -0.25) is 4.79 Å². The van der Waals surface area contributed by atoms with E-state index in [1.807, 2.05) is 55.1 Å². The lowest BCUT2D eigenvalue weighted by Crippen LogP contribution is -2.40. The van der Waals surface area contributed by atoms with Crippen molar-refractivity contribution >= 4 is 34.6 Å². The van der Waals surface area contributed by atoms with Gasteiger partial charge in [0.05, 0.1) is 19.3 Å². The van der Waals surface area contributed by atoms with Gasteiger partial charge in [-0.25, -0.2) is 0 Å². The molecule has 0 atom stereocenters. The number of hydrogen-bond acceptors (Lipinski definition) is 3. The maximum absolute atomic E-state index is 12.4. The summed E-state index contributed by atoms with van der Waals surface area (Å²) >= 11 is 5.46. The fraction of sp³-hybridized carbons (Fsp3) is 0.263. The van der Waals surface area contributed by atoms with Crippen LogP contribution < -0.4 is 15.4 Å². The number of benzene rings is 2. The van der Waals surface area contributed by atoms with Crippen molar-refractivity contribution in [2.24, 2.45) is 0 Å². The van der Waals surface area contributed by atoms with Crippen LogP contribution in [0.4, 0.5) is 11.4 Å². The van der Waals surface area contributed by atoms with Gasteiger partial charge in [-0.05, 0) is 49.8 Å². The number of rotatable bonds is 6. The standard InChI is InChI=1S/C19H23N3O2S/c1-4-22(19(25)21-15-10-6-5-9-14(15)2)13-18(23)20-16-11-7-8-12-17(16)24-3/h5-12H,4,13H2,1-3H3,(H,20,23)(H,21,25). The summed E-state index contributed by atoms with van der Waals surface area (Å²) in [7, 11) is 1.57. The zero-order valence-corrected chi connectivity index (χ0v) is 15.5. The molecule has 0 saturated carbocycles. The van der Waals surface area contributed by atoms with Gasteiger partial charge >= 0.3 is 0 Å². The third-order valence-electron chi connectivity index (χ3n) is 3.77. The average Bonchev–Trinajstić information content (AvgIpc) is 2.62. The third kappa shape index (κ3) is 5.19. The Labute approximate surface area is 154 Å². The summed E-state index contributed by atoms with van der Waals surface area (Å²) in [4.78, 5) is 14.2. The quantitative estimate of drug-likeness (QED) is 0.773. The number of para-hydroxylation sites is 3. The Hall–Kier alpha value is -2.60. The average molecular weight is 357 g/mol. The number of ether oxygens (including phenoxy) is 1. The molecule has 2 aromatic rings. The molecule has 0 aromatic heterocycles. The van der Waals surface area contributed by atoms with Gasteiger partial charge in [0, 0.05) is 12.2 Å². The van der Waals surface area contributed by atoms with Crippen molar-refractivity contribution in [3.63, 3.8) is 0 Å². The van der Waals surface area contributed by atoms with Crippen molar-refractivity contribution in [3.8, 4) is 5.75 Å². The Morgan fingerprint density at radius 3 is 2.36 bits per heavy atom. The smallest absolute Gasteiger partial charge is 0.244 e. The van der Waals surface area contributed by atoms with Crippen molar-refractivity contribution in [3.05, 3.63) is 54.1 Å². The number of nitrogens with one attached hydrogen (secondary N) is 2. The van der Waals surface area contributed by atoms with Gasteiger partial charge in [-0.15, -0.1) is 0 Å². The van der Waals surface area contributed by atoms with E-state index in [0.29, 0.717) is 23.1 Å². The van der Waals surface area contributed by atoms with Gasteiger partial charge in [0.15, 0.2) is 5.11 Å². The fourth-order valence-corrected chi connectivity index (χ4v) is 2.65.